The molecule has 5 rings (SSSR count). The fourth-order valence-corrected chi connectivity index (χ4v) is 5.12. The highest BCUT2D eigenvalue weighted by molar-refractivity contribution is 6.06. The van der Waals surface area contributed by atoms with Crippen LogP contribution in [0.15, 0.2) is 33.7 Å². The van der Waals surface area contributed by atoms with Crippen molar-refractivity contribution in [1.82, 2.24) is 15.1 Å². The van der Waals surface area contributed by atoms with Gasteiger partial charge in [-0.15, -0.1) is 0 Å². The number of furan rings is 1. The molecule has 9 nitrogen and oxygen atoms in total. The number of hydrogen-bond donors (Lipinski definition) is 2. The third-order valence-electron chi connectivity index (χ3n) is 7.44. The van der Waals surface area contributed by atoms with Crippen molar-refractivity contribution >= 4 is 40.3 Å². The van der Waals surface area contributed by atoms with Crippen molar-refractivity contribution in [2.75, 3.05) is 31.5 Å². The number of aryl methyl sites for hydroxylation is 1. The van der Waals surface area contributed by atoms with Gasteiger partial charge in [0, 0.05) is 36.6 Å². The molecule has 1 aromatic carbocycles. The number of carbonyl (C=O) groups excluding carboxylic acids is 3. The van der Waals surface area contributed by atoms with E-state index in [1.165, 1.54) is 0 Å². The van der Waals surface area contributed by atoms with E-state index in [1.807, 2.05) is 36.1 Å². The molecule has 0 bridgehead atoms. The molecule has 9 heteroatoms. The van der Waals surface area contributed by atoms with E-state index >= 15 is 0 Å². The third-order valence-corrected chi connectivity index (χ3v) is 7.44. The van der Waals surface area contributed by atoms with Crippen LogP contribution in [0, 0.1) is 12.8 Å². The largest absolute Gasteiger partial charge is 0.461 e. The molecule has 2 aliphatic heterocycles. The number of rotatable bonds is 5. The van der Waals surface area contributed by atoms with Crippen LogP contribution in [-0.4, -0.2) is 65.7 Å². The zero-order valence-electron chi connectivity index (χ0n) is 20.9. The topological polar surface area (TPSA) is 107 Å². The SMILES string of the molecule is Cc1cc2cc(NC(=N[C@H]3CCCCN(CC(=O)N4CCCC4)C3=O)NC(=O)C3CCC3)ccc2o1. The summed E-state index contributed by atoms with van der Waals surface area (Å²) in [5, 5.41) is 7.12. The highest BCUT2D eigenvalue weighted by atomic mass is 16.3. The number of fused-ring (bicyclic) bond motifs is 1. The predicted octanol–water partition coefficient (Wildman–Crippen LogP) is 3.43. The highest BCUT2D eigenvalue weighted by Gasteiger charge is 2.31. The van der Waals surface area contributed by atoms with E-state index in [0.29, 0.717) is 13.0 Å². The lowest BCUT2D eigenvalue weighted by molar-refractivity contribution is -0.140. The molecule has 0 unspecified atom stereocenters. The van der Waals surface area contributed by atoms with E-state index in [4.69, 9.17) is 9.41 Å². The number of nitrogens with zero attached hydrogens (tertiary/aromatic N) is 3. The van der Waals surface area contributed by atoms with Crippen LogP contribution in [0.5, 0.6) is 0 Å². The molecule has 1 aromatic heterocycles. The van der Waals surface area contributed by atoms with E-state index in [2.05, 4.69) is 10.6 Å². The van der Waals surface area contributed by atoms with Gasteiger partial charge in [0.05, 0.1) is 6.54 Å². The summed E-state index contributed by atoms with van der Waals surface area (Å²) >= 11 is 0. The Morgan fingerprint density at radius 3 is 2.56 bits per heavy atom. The van der Waals surface area contributed by atoms with E-state index < -0.39 is 6.04 Å². The minimum absolute atomic E-state index is 0.00539. The molecular formula is C27H35N5O4. The maximum atomic E-state index is 13.4. The first kappa shape index (κ1) is 24.3. The molecule has 3 amide bonds. The second-order valence-electron chi connectivity index (χ2n) is 10.2. The first-order chi connectivity index (χ1) is 17.5. The maximum Gasteiger partial charge on any atom is 0.247 e. The Morgan fingerprint density at radius 1 is 1.03 bits per heavy atom. The van der Waals surface area contributed by atoms with Gasteiger partial charge in [0.15, 0.2) is 0 Å². The van der Waals surface area contributed by atoms with Crippen molar-refractivity contribution in [2.45, 2.75) is 64.3 Å². The molecule has 3 heterocycles. The summed E-state index contributed by atoms with van der Waals surface area (Å²) in [6, 6.07) is 6.98. The number of amides is 3. The lowest BCUT2D eigenvalue weighted by Gasteiger charge is -2.26. The Balaban J connectivity index is 1.35. The summed E-state index contributed by atoms with van der Waals surface area (Å²) in [6.07, 6.45) is 7.08. The van der Waals surface area contributed by atoms with Gasteiger partial charge in [-0.25, -0.2) is 4.99 Å². The van der Waals surface area contributed by atoms with Gasteiger partial charge in [0.1, 0.15) is 17.4 Å². The Kier molecular flexibility index (Phi) is 7.25. The van der Waals surface area contributed by atoms with Crippen molar-refractivity contribution in [3.8, 4) is 0 Å². The van der Waals surface area contributed by atoms with Gasteiger partial charge in [-0.05, 0) is 76.1 Å². The summed E-state index contributed by atoms with van der Waals surface area (Å²) in [7, 11) is 0. The molecule has 36 heavy (non-hydrogen) atoms. The number of carbonyl (C=O) groups is 3. The van der Waals surface area contributed by atoms with Crippen LogP contribution in [0.25, 0.3) is 11.0 Å². The minimum atomic E-state index is -0.650. The van der Waals surface area contributed by atoms with Crippen molar-refractivity contribution in [3.05, 3.63) is 30.0 Å². The normalized spacial score (nSPS) is 21.4. The monoisotopic (exact) mass is 493 g/mol. The Morgan fingerprint density at radius 2 is 1.81 bits per heavy atom. The molecule has 3 aliphatic rings. The van der Waals surface area contributed by atoms with Crippen LogP contribution in [0.1, 0.15) is 57.1 Å². The number of hydrogen-bond acceptors (Lipinski definition) is 5. The molecule has 192 valence electrons. The highest BCUT2D eigenvalue weighted by Crippen LogP contribution is 2.27. The molecular weight excluding hydrogens is 458 g/mol. The smallest absolute Gasteiger partial charge is 0.247 e. The van der Waals surface area contributed by atoms with Gasteiger partial charge in [-0.1, -0.05) is 6.42 Å². The second-order valence-corrected chi connectivity index (χ2v) is 10.2. The number of guanidine groups is 1. The number of aliphatic imine (C=N–C) groups is 1. The summed E-state index contributed by atoms with van der Waals surface area (Å²) in [4.78, 5) is 47.2. The van der Waals surface area contributed by atoms with Crippen LogP contribution in [0.3, 0.4) is 0 Å². The van der Waals surface area contributed by atoms with Gasteiger partial charge >= 0.3 is 0 Å². The quantitative estimate of drug-likeness (QED) is 0.490. The number of likely N-dealkylation sites (tertiary alicyclic amines) is 2. The van der Waals surface area contributed by atoms with Crippen molar-refractivity contribution in [3.63, 3.8) is 0 Å². The van der Waals surface area contributed by atoms with Gasteiger partial charge in [-0.3, -0.25) is 19.7 Å². The molecule has 1 atom stereocenters. The van der Waals surface area contributed by atoms with Crippen LogP contribution < -0.4 is 10.6 Å². The Labute approximate surface area is 211 Å². The lowest BCUT2D eigenvalue weighted by Crippen LogP contribution is -2.46. The van der Waals surface area contributed by atoms with Crippen LogP contribution in [0.2, 0.25) is 0 Å². The van der Waals surface area contributed by atoms with E-state index in [1.54, 1.807) is 4.90 Å². The first-order valence-electron chi connectivity index (χ1n) is 13.2. The average molecular weight is 494 g/mol. The molecule has 0 radical (unpaired) electrons. The van der Waals surface area contributed by atoms with Gasteiger partial charge in [0.2, 0.25) is 23.7 Å². The summed E-state index contributed by atoms with van der Waals surface area (Å²) in [5.41, 5.74) is 1.53. The fraction of sp³-hybridized carbons (Fsp3) is 0.556. The zero-order chi connectivity index (χ0) is 25.1. The molecule has 1 aliphatic carbocycles. The summed E-state index contributed by atoms with van der Waals surface area (Å²) in [5.74, 6) is 0.855. The number of anilines is 1. The second kappa shape index (κ2) is 10.7. The zero-order valence-corrected chi connectivity index (χ0v) is 20.9. The first-order valence-corrected chi connectivity index (χ1v) is 13.2. The predicted molar refractivity (Wildman–Crippen MR) is 138 cm³/mol. The molecule has 2 aromatic rings. The minimum Gasteiger partial charge on any atom is -0.461 e. The Bertz CT molecular complexity index is 1160. The van der Waals surface area contributed by atoms with Crippen LogP contribution in [0.4, 0.5) is 5.69 Å². The standard InChI is InChI=1S/C27H35N5O4/c1-18-15-20-16-21(10-11-23(20)36-18)28-27(30-25(34)19-7-6-8-19)29-22-9-2-3-14-32(26(22)35)17-24(33)31-12-4-5-13-31/h10-11,15-16,19,22H,2-9,12-14,17H2,1H3,(H2,28,29,30,34)/t22-/m0/s1. The van der Waals surface area contributed by atoms with E-state index in [9.17, 15) is 14.4 Å². The number of benzene rings is 1. The van der Waals surface area contributed by atoms with E-state index in [0.717, 1.165) is 80.5 Å². The molecule has 3 fully saturated rings. The molecule has 2 N–H and O–H groups in total. The molecule has 2 saturated heterocycles. The van der Waals surface area contributed by atoms with Gasteiger partial charge in [-0.2, -0.15) is 0 Å². The molecule has 1 saturated carbocycles. The average Bonchev–Trinajstić information content (AvgIpc) is 3.43. The lowest BCUT2D eigenvalue weighted by atomic mass is 9.85. The van der Waals surface area contributed by atoms with E-state index in [-0.39, 0.29) is 36.1 Å². The summed E-state index contributed by atoms with van der Waals surface area (Å²) < 4.78 is 5.67. The molecule has 0 spiro atoms. The van der Waals surface area contributed by atoms with Gasteiger partial charge in [0.25, 0.3) is 0 Å². The summed E-state index contributed by atoms with van der Waals surface area (Å²) in [6.45, 7) is 4.09. The van der Waals surface area contributed by atoms with Crippen LogP contribution in [-0.2, 0) is 14.4 Å². The fourth-order valence-electron chi connectivity index (χ4n) is 5.12. The third kappa shape index (κ3) is 5.55. The Hall–Kier alpha value is -3.36. The number of nitrogens with one attached hydrogen (secondary N) is 2. The van der Waals surface area contributed by atoms with Crippen molar-refractivity contribution in [1.29, 1.82) is 0 Å². The van der Waals surface area contributed by atoms with Crippen LogP contribution >= 0.6 is 0 Å². The van der Waals surface area contributed by atoms with Crippen molar-refractivity contribution in [2.24, 2.45) is 10.9 Å². The van der Waals surface area contributed by atoms with Gasteiger partial charge < -0.3 is 19.5 Å². The maximum absolute atomic E-state index is 13.4. The van der Waals surface area contributed by atoms with Crippen molar-refractivity contribution < 1.29 is 18.8 Å².